The molecule has 0 amide bonds. The zero-order valence-corrected chi connectivity index (χ0v) is 13.6. The molecule has 0 aliphatic heterocycles. The first-order valence-electron chi connectivity index (χ1n) is 7.33. The van der Waals surface area contributed by atoms with Gasteiger partial charge in [-0.2, -0.15) is 13.2 Å². The second-order valence-electron chi connectivity index (χ2n) is 6.25. The Morgan fingerprint density at radius 2 is 1.67 bits per heavy atom. The number of anilines is 2. The van der Waals surface area contributed by atoms with Gasteiger partial charge in [0.2, 0.25) is 0 Å². The van der Waals surface area contributed by atoms with Crippen molar-refractivity contribution in [2.24, 2.45) is 0 Å². The van der Waals surface area contributed by atoms with Crippen molar-refractivity contribution < 1.29 is 22.7 Å². The predicted octanol–water partition coefficient (Wildman–Crippen LogP) is 5.40. The molecule has 0 bridgehead atoms. The van der Waals surface area contributed by atoms with E-state index in [1.807, 2.05) is 0 Å². The second kappa shape index (κ2) is 6.55. The third-order valence-electron chi connectivity index (χ3n) is 3.01. The minimum Gasteiger partial charge on any atom is -0.456 e. The van der Waals surface area contributed by atoms with Crippen molar-refractivity contribution in [2.75, 3.05) is 5.32 Å². The van der Waals surface area contributed by atoms with E-state index < -0.39 is 23.3 Å². The molecule has 2 aromatic carbocycles. The minimum absolute atomic E-state index is 0.237. The van der Waals surface area contributed by atoms with Crippen molar-refractivity contribution in [1.82, 2.24) is 0 Å². The molecule has 0 heterocycles. The standard InChI is InChI=1S/C18H18F3NO2/c1-17(2,3)24-16(23)14-9-4-5-10-15(14)22-13-8-6-7-12(11-13)18(19,20)21/h4-11,22H,1-3H3. The van der Waals surface area contributed by atoms with Gasteiger partial charge in [-0.05, 0) is 51.1 Å². The van der Waals surface area contributed by atoms with Crippen LogP contribution in [-0.4, -0.2) is 11.6 Å². The van der Waals surface area contributed by atoms with Crippen LogP contribution in [0.5, 0.6) is 0 Å². The molecule has 0 fully saturated rings. The van der Waals surface area contributed by atoms with Crippen LogP contribution in [0.4, 0.5) is 24.5 Å². The first kappa shape index (κ1) is 17.8. The van der Waals surface area contributed by atoms with Gasteiger partial charge in [-0.1, -0.05) is 18.2 Å². The number of nitrogens with one attached hydrogen (secondary N) is 1. The van der Waals surface area contributed by atoms with Crippen molar-refractivity contribution in [3.63, 3.8) is 0 Å². The summed E-state index contributed by atoms with van der Waals surface area (Å²) >= 11 is 0. The average molecular weight is 337 g/mol. The molecular weight excluding hydrogens is 319 g/mol. The molecule has 0 saturated carbocycles. The molecule has 0 spiro atoms. The molecule has 0 aliphatic rings. The number of rotatable bonds is 3. The molecular formula is C18H18F3NO2. The van der Waals surface area contributed by atoms with E-state index in [0.717, 1.165) is 12.1 Å². The summed E-state index contributed by atoms with van der Waals surface area (Å²) in [4.78, 5) is 12.3. The van der Waals surface area contributed by atoms with Crippen LogP contribution in [0, 0.1) is 0 Å². The monoisotopic (exact) mass is 337 g/mol. The van der Waals surface area contributed by atoms with Gasteiger partial charge in [0, 0.05) is 5.69 Å². The molecule has 0 unspecified atom stereocenters. The smallest absolute Gasteiger partial charge is 0.416 e. The third-order valence-corrected chi connectivity index (χ3v) is 3.01. The normalized spacial score (nSPS) is 11.9. The van der Waals surface area contributed by atoms with Gasteiger partial charge in [-0.25, -0.2) is 4.79 Å². The maximum absolute atomic E-state index is 12.8. The summed E-state index contributed by atoms with van der Waals surface area (Å²) in [5.41, 5.74) is -0.556. The molecule has 0 radical (unpaired) electrons. The lowest BCUT2D eigenvalue weighted by Gasteiger charge is -2.21. The topological polar surface area (TPSA) is 38.3 Å². The molecule has 128 valence electrons. The minimum atomic E-state index is -4.43. The Balaban J connectivity index is 2.30. The molecule has 0 saturated heterocycles. The van der Waals surface area contributed by atoms with Crippen molar-refractivity contribution in [2.45, 2.75) is 32.5 Å². The SMILES string of the molecule is CC(C)(C)OC(=O)c1ccccc1Nc1cccc(C(F)(F)F)c1. The molecule has 6 heteroatoms. The molecule has 0 aliphatic carbocycles. The summed E-state index contributed by atoms with van der Waals surface area (Å²) in [6.07, 6.45) is -4.43. The van der Waals surface area contributed by atoms with Crippen LogP contribution < -0.4 is 5.32 Å². The van der Waals surface area contributed by atoms with Gasteiger partial charge < -0.3 is 10.1 Å². The number of alkyl halides is 3. The lowest BCUT2D eigenvalue weighted by molar-refractivity contribution is -0.137. The van der Waals surface area contributed by atoms with E-state index in [4.69, 9.17) is 4.74 Å². The quantitative estimate of drug-likeness (QED) is 0.762. The number of hydrogen-bond acceptors (Lipinski definition) is 3. The van der Waals surface area contributed by atoms with Gasteiger partial charge in [0.25, 0.3) is 0 Å². The highest BCUT2D eigenvalue weighted by molar-refractivity contribution is 5.96. The molecule has 3 nitrogen and oxygen atoms in total. The van der Waals surface area contributed by atoms with Gasteiger partial charge in [-0.15, -0.1) is 0 Å². The molecule has 0 atom stereocenters. The van der Waals surface area contributed by atoms with Crippen molar-refractivity contribution in [3.05, 3.63) is 59.7 Å². The van der Waals surface area contributed by atoms with Crippen LogP contribution in [-0.2, 0) is 10.9 Å². The van der Waals surface area contributed by atoms with Crippen LogP contribution >= 0.6 is 0 Å². The summed E-state index contributed by atoms with van der Waals surface area (Å²) in [7, 11) is 0. The Bertz CT molecular complexity index is 734. The first-order chi connectivity index (χ1) is 11.1. The van der Waals surface area contributed by atoms with Crippen LogP contribution in [0.1, 0.15) is 36.7 Å². The highest BCUT2D eigenvalue weighted by atomic mass is 19.4. The number of hydrogen-bond donors (Lipinski definition) is 1. The van der Waals surface area contributed by atoms with Gasteiger partial charge in [0.05, 0.1) is 16.8 Å². The summed E-state index contributed by atoms with van der Waals surface area (Å²) < 4.78 is 43.7. The fraction of sp³-hybridized carbons (Fsp3) is 0.278. The lowest BCUT2D eigenvalue weighted by Crippen LogP contribution is -2.24. The fourth-order valence-corrected chi connectivity index (χ4v) is 2.03. The van der Waals surface area contributed by atoms with Crippen LogP contribution in [0.25, 0.3) is 0 Å². The third kappa shape index (κ3) is 4.75. The number of para-hydroxylation sites is 1. The Morgan fingerprint density at radius 1 is 1.00 bits per heavy atom. The van der Waals surface area contributed by atoms with Gasteiger partial charge in [0.1, 0.15) is 5.60 Å². The Morgan fingerprint density at radius 3 is 2.29 bits per heavy atom. The van der Waals surface area contributed by atoms with E-state index >= 15 is 0 Å². The van der Waals surface area contributed by atoms with E-state index in [1.54, 1.807) is 45.0 Å². The Kier molecular flexibility index (Phi) is 4.87. The predicted molar refractivity (Wildman–Crippen MR) is 86.3 cm³/mol. The van der Waals surface area contributed by atoms with E-state index in [-0.39, 0.29) is 11.3 Å². The molecule has 2 aromatic rings. The highest BCUT2D eigenvalue weighted by Gasteiger charge is 2.30. The molecule has 0 aromatic heterocycles. The summed E-state index contributed by atoms with van der Waals surface area (Å²) in [6, 6.07) is 11.3. The molecule has 24 heavy (non-hydrogen) atoms. The highest BCUT2D eigenvalue weighted by Crippen LogP contribution is 2.32. The summed E-state index contributed by atoms with van der Waals surface area (Å²) in [5.74, 6) is -0.544. The zero-order valence-electron chi connectivity index (χ0n) is 13.6. The number of halogens is 3. The summed E-state index contributed by atoms with van der Waals surface area (Å²) in [5, 5.41) is 2.85. The van der Waals surface area contributed by atoms with Crippen LogP contribution in [0.3, 0.4) is 0 Å². The molecule has 2 rings (SSSR count). The molecule has 1 N–H and O–H groups in total. The number of carbonyl (C=O) groups excluding carboxylic acids is 1. The van der Waals surface area contributed by atoms with Crippen molar-refractivity contribution >= 4 is 17.3 Å². The maximum atomic E-state index is 12.8. The second-order valence-corrected chi connectivity index (χ2v) is 6.25. The van der Waals surface area contributed by atoms with Crippen molar-refractivity contribution in [1.29, 1.82) is 0 Å². The van der Waals surface area contributed by atoms with E-state index in [0.29, 0.717) is 5.69 Å². The first-order valence-corrected chi connectivity index (χ1v) is 7.33. The lowest BCUT2D eigenvalue weighted by atomic mass is 10.1. The number of carbonyl (C=O) groups is 1. The van der Waals surface area contributed by atoms with Crippen LogP contribution in [0.2, 0.25) is 0 Å². The van der Waals surface area contributed by atoms with Gasteiger partial charge in [-0.3, -0.25) is 0 Å². The largest absolute Gasteiger partial charge is 0.456 e. The van der Waals surface area contributed by atoms with Crippen molar-refractivity contribution in [3.8, 4) is 0 Å². The van der Waals surface area contributed by atoms with E-state index in [1.165, 1.54) is 12.1 Å². The maximum Gasteiger partial charge on any atom is 0.416 e. The van der Waals surface area contributed by atoms with Gasteiger partial charge >= 0.3 is 12.1 Å². The Hall–Kier alpha value is -2.50. The Labute approximate surface area is 138 Å². The average Bonchev–Trinajstić information content (AvgIpc) is 2.45. The fourth-order valence-electron chi connectivity index (χ4n) is 2.03. The zero-order chi connectivity index (χ0) is 18.0. The summed E-state index contributed by atoms with van der Waals surface area (Å²) in [6.45, 7) is 5.23. The van der Waals surface area contributed by atoms with Gasteiger partial charge in [0.15, 0.2) is 0 Å². The van der Waals surface area contributed by atoms with E-state index in [9.17, 15) is 18.0 Å². The number of ether oxygens (including phenoxy) is 1. The number of esters is 1. The number of benzene rings is 2. The van der Waals surface area contributed by atoms with Crippen LogP contribution in [0.15, 0.2) is 48.5 Å². The van der Waals surface area contributed by atoms with E-state index in [2.05, 4.69) is 5.32 Å².